The van der Waals surface area contributed by atoms with Crippen molar-refractivity contribution in [3.05, 3.63) is 32.6 Å². The number of fused-ring (bicyclic) bond motifs is 5. The third-order valence-electron chi connectivity index (χ3n) is 11.0. The van der Waals surface area contributed by atoms with Crippen LogP contribution in [0.25, 0.3) is 0 Å². The summed E-state index contributed by atoms with van der Waals surface area (Å²) in [5.74, 6) is -4.82. The number of aliphatic imine (C=N–C) groups is 1. The summed E-state index contributed by atoms with van der Waals surface area (Å²) in [5, 5.41) is 28.0. The van der Waals surface area contributed by atoms with Gasteiger partial charge in [-0.05, 0) is 67.0 Å². The van der Waals surface area contributed by atoms with Gasteiger partial charge in [0, 0.05) is 37.1 Å². The number of carbonyl (C=O) groups excluding carboxylic acids is 3. The molecule has 3 saturated heterocycles. The molecule has 0 aliphatic carbocycles. The Labute approximate surface area is 326 Å². The van der Waals surface area contributed by atoms with Crippen molar-refractivity contribution in [1.29, 1.82) is 0 Å². The lowest BCUT2D eigenvalue weighted by Crippen LogP contribution is -2.59. The molecule has 0 saturated carbocycles. The van der Waals surface area contributed by atoms with Crippen LogP contribution in [0, 0.1) is 17.8 Å². The second kappa shape index (κ2) is 18.7. The van der Waals surface area contributed by atoms with Crippen LogP contribution < -0.4 is 11.2 Å². The average Bonchev–Trinajstić information content (AvgIpc) is 3.13. The van der Waals surface area contributed by atoms with E-state index in [9.17, 15) is 34.2 Å². The number of hydrogen-bond donors (Lipinski definition) is 4. The van der Waals surface area contributed by atoms with Crippen LogP contribution in [0.4, 0.5) is 0 Å². The highest BCUT2D eigenvalue weighted by Crippen LogP contribution is 2.39. The van der Waals surface area contributed by atoms with Crippen molar-refractivity contribution < 1.29 is 53.1 Å². The Balaban J connectivity index is 1.91. The van der Waals surface area contributed by atoms with E-state index in [0.717, 1.165) is 6.07 Å². The monoisotopic (exact) mass is 793 g/mol. The summed E-state index contributed by atoms with van der Waals surface area (Å²) in [4.78, 5) is 80.8. The molecule has 0 aromatic carbocycles. The highest BCUT2D eigenvalue weighted by molar-refractivity contribution is 6.00. The number of H-pyrrole nitrogens is 2. The summed E-state index contributed by atoms with van der Waals surface area (Å²) >= 11 is 0. The predicted molar refractivity (Wildman–Crippen MR) is 202 cm³/mol. The lowest BCUT2D eigenvalue weighted by atomic mass is 9.76. The van der Waals surface area contributed by atoms with Gasteiger partial charge in [-0.15, -0.1) is 0 Å². The van der Waals surface area contributed by atoms with Crippen LogP contribution in [-0.4, -0.2) is 136 Å². The molecule has 1 aromatic heterocycles. The van der Waals surface area contributed by atoms with E-state index in [1.54, 1.807) is 20.8 Å². The first-order valence-corrected chi connectivity index (χ1v) is 19.1. The number of aliphatic hydroxyl groups is 2. The van der Waals surface area contributed by atoms with E-state index in [4.69, 9.17) is 28.5 Å². The molecule has 4 rings (SSSR count). The molecule has 18 heteroatoms. The number of ether oxygens (including phenoxy) is 5. The molecule has 4 N–H and O–H groups in total. The molecule has 0 spiro atoms. The standard InChI is InChI=1S/C38H59N5O13/c1-11-28-38(8,50)29-14-26(39-23(6)44)19(2)15-37(7,52-17-25(16-51-29)42-53-18-24-13-30(45)41-36(49)40-24)33(21(4)31(46)22(5)34(48)55-28)56-35-32(47)27(43(9)10)12-20(3)54-35/h13,19-22,27-29,32-33,35,47,50H,11-12,14-18H2,1-10H3,(H2,40,41,45,49)/b39-26?,42-25-/t19-,20-,21+,22-,27+,28+,29+,32-,33-,35+,37-,38-/m1/s1. The zero-order chi connectivity index (χ0) is 41.7. The van der Waals surface area contributed by atoms with Crippen molar-refractivity contribution >= 4 is 29.1 Å². The molecule has 18 nitrogen and oxygen atoms in total. The number of aromatic nitrogens is 2. The first-order valence-electron chi connectivity index (χ1n) is 19.1. The smallest absolute Gasteiger partial charge is 0.326 e. The fourth-order valence-electron chi connectivity index (χ4n) is 7.81. The Kier molecular flexibility index (Phi) is 15.1. The minimum absolute atomic E-state index is 0.0813. The number of Topliss-reactive ketones (excluding diaryl/α,β-unsaturated/α-hetero) is 1. The first kappa shape index (κ1) is 45.1. The van der Waals surface area contributed by atoms with Gasteiger partial charge in [0.2, 0.25) is 5.91 Å². The van der Waals surface area contributed by atoms with Crippen LogP contribution in [0.3, 0.4) is 0 Å². The number of aromatic amines is 2. The van der Waals surface area contributed by atoms with E-state index in [-0.39, 0.29) is 62.6 Å². The molecular formula is C38H59N5O13. The topological polar surface area (TPSA) is 241 Å². The van der Waals surface area contributed by atoms with E-state index in [1.807, 2.05) is 32.8 Å². The number of carbonyl (C=O) groups is 3. The van der Waals surface area contributed by atoms with Gasteiger partial charge in [-0.2, -0.15) is 0 Å². The largest absolute Gasteiger partial charge is 0.459 e. The zero-order valence-corrected chi connectivity index (χ0v) is 34.0. The maximum absolute atomic E-state index is 14.4. The zero-order valence-electron chi connectivity index (χ0n) is 34.0. The molecule has 3 aliphatic heterocycles. The highest BCUT2D eigenvalue weighted by Gasteiger charge is 2.51. The minimum atomic E-state index is -1.88. The molecule has 1 amide bonds. The van der Waals surface area contributed by atoms with E-state index in [2.05, 4.69) is 20.1 Å². The van der Waals surface area contributed by atoms with Gasteiger partial charge < -0.3 is 48.6 Å². The first-order chi connectivity index (χ1) is 26.2. The van der Waals surface area contributed by atoms with E-state index in [0.29, 0.717) is 12.1 Å². The van der Waals surface area contributed by atoms with Crippen molar-refractivity contribution in [1.82, 2.24) is 14.9 Å². The van der Waals surface area contributed by atoms with Gasteiger partial charge in [-0.3, -0.25) is 24.2 Å². The molecule has 3 fully saturated rings. The van der Waals surface area contributed by atoms with Crippen molar-refractivity contribution in [2.45, 2.75) is 142 Å². The molecule has 0 radical (unpaired) electrons. The van der Waals surface area contributed by atoms with E-state index < -0.39 is 88.6 Å². The SMILES string of the molecule is CC[C@@H]1OC(=O)[C@H](C)C(=O)[C@H](C)[C@@H](O[C@@H]2O[C@H](C)C[C@H](N(C)C)[C@H]2O)[C@@]2(C)C[C@@H](C)C(=NC(C)=O)C[C@H](OC/C(=N/OCc3cc(=O)[nH]c(=O)[nH]3)CO2)[C@]1(C)O. The molecule has 2 bridgehead atoms. The Morgan fingerprint density at radius 2 is 1.79 bits per heavy atom. The molecule has 1 aromatic rings. The minimum Gasteiger partial charge on any atom is -0.459 e. The molecule has 314 valence electrons. The molecule has 12 atom stereocenters. The van der Waals surface area contributed by atoms with Crippen molar-refractivity contribution in [2.24, 2.45) is 27.9 Å². The van der Waals surface area contributed by atoms with Crippen LogP contribution in [0.5, 0.6) is 0 Å². The third kappa shape index (κ3) is 10.8. The summed E-state index contributed by atoms with van der Waals surface area (Å²) in [6.07, 6.45) is -5.52. The fourth-order valence-corrected chi connectivity index (χ4v) is 7.81. The summed E-state index contributed by atoms with van der Waals surface area (Å²) in [7, 11) is 3.67. The normalized spacial score (nSPS) is 38.1. The number of esters is 1. The van der Waals surface area contributed by atoms with Crippen LogP contribution in [0.2, 0.25) is 0 Å². The quantitative estimate of drug-likeness (QED) is 0.173. The number of oxime groups is 1. The molecule has 3 aliphatic rings. The maximum Gasteiger partial charge on any atom is 0.326 e. The summed E-state index contributed by atoms with van der Waals surface area (Å²) < 4.78 is 31.8. The van der Waals surface area contributed by atoms with E-state index in [1.165, 1.54) is 20.8 Å². The number of rotatable bonds is 7. The van der Waals surface area contributed by atoms with Crippen LogP contribution >= 0.6 is 0 Å². The molecular weight excluding hydrogens is 734 g/mol. The van der Waals surface area contributed by atoms with Crippen molar-refractivity contribution in [2.75, 3.05) is 27.3 Å². The van der Waals surface area contributed by atoms with Crippen molar-refractivity contribution in [3.8, 4) is 0 Å². The van der Waals surface area contributed by atoms with Gasteiger partial charge in [0.25, 0.3) is 5.56 Å². The van der Waals surface area contributed by atoms with Crippen LogP contribution in [0.15, 0.2) is 25.8 Å². The number of aliphatic hydroxyl groups excluding tert-OH is 1. The molecule has 4 heterocycles. The molecule has 56 heavy (non-hydrogen) atoms. The van der Waals surface area contributed by atoms with Crippen LogP contribution in [-0.2, 0) is 49.5 Å². The van der Waals surface area contributed by atoms with Gasteiger partial charge in [0.05, 0.1) is 42.8 Å². The second-order valence-corrected chi connectivity index (χ2v) is 16.0. The number of cyclic esters (lactones) is 1. The number of likely N-dealkylation sites (N-methyl/N-ethyl adjacent to an activating group) is 1. The maximum atomic E-state index is 14.4. The van der Waals surface area contributed by atoms with Crippen LogP contribution in [0.1, 0.15) is 86.8 Å². The number of amides is 1. The summed E-state index contributed by atoms with van der Waals surface area (Å²) in [6, 6.07) is 0.794. The number of nitrogens with zero attached hydrogens (tertiary/aromatic N) is 3. The lowest BCUT2D eigenvalue weighted by Gasteiger charge is -2.47. The van der Waals surface area contributed by atoms with Gasteiger partial charge in [-0.1, -0.05) is 25.9 Å². The van der Waals surface area contributed by atoms with Gasteiger partial charge >= 0.3 is 11.7 Å². The summed E-state index contributed by atoms with van der Waals surface area (Å²) in [6.45, 7) is 12.0. The van der Waals surface area contributed by atoms with Gasteiger partial charge in [-0.25, -0.2) is 9.79 Å². The second-order valence-electron chi connectivity index (χ2n) is 16.0. The Bertz CT molecular complexity index is 1710. The lowest BCUT2D eigenvalue weighted by molar-refractivity contribution is -0.296. The Morgan fingerprint density at radius 3 is 2.41 bits per heavy atom. The Hall–Kier alpha value is -3.65. The molecule has 0 unspecified atom stereocenters. The average molecular weight is 794 g/mol. The van der Waals surface area contributed by atoms with Gasteiger partial charge in [0.1, 0.15) is 29.4 Å². The van der Waals surface area contributed by atoms with E-state index >= 15 is 0 Å². The number of nitrogens with one attached hydrogen (secondary N) is 2. The fraction of sp³-hybridized carbons (Fsp3) is 0.763. The van der Waals surface area contributed by atoms with Gasteiger partial charge in [0.15, 0.2) is 18.7 Å². The predicted octanol–water partition coefficient (Wildman–Crippen LogP) is 1.25. The third-order valence-corrected chi connectivity index (χ3v) is 11.0. The number of hydrogen-bond acceptors (Lipinski definition) is 15. The number of ketones is 1. The summed E-state index contributed by atoms with van der Waals surface area (Å²) in [5.41, 5.74) is -4.04. The van der Waals surface area contributed by atoms with Crippen molar-refractivity contribution in [3.63, 3.8) is 0 Å². The Morgan fingerprint density at radius 1 is 1.09 bits per heavy atom. The highest BCUT2D eigenvalue weighted by atomic mass is 16.7.